The second kappa shape index (κ2) is 10.3. The van der Waals surface area contributed by atoms with Crippen LogP contribution >= 0.6 is 0 Å². The number of carbonyl (C=O) groups excluding carboxylic acids is 3. The van der Waals surface area contributed by atoms with Crippen LogP contribution in [0.1, 0.15) is 27.1 Å². The second-order valence-electron chi connectivity index (χ2n) is 8.87. The Hall–Kier alpha value is -4.22. The lowest BCUT2D eigenvalue weighted by Gasteiger charge is -2.34. The predicted octanol–water partition coefficient (Wildman–Crippen LogP) is 2.49. The van der Waals surface area contributed by atoms with Crippen molar-refractivity contribution in [2.45, 2.75) is 11.3 Å². The minimum atomic E-state index is -3.83. The molecule has 11 heteroatoms. The smallest absolute Gasteiger partial charge is 0.266 e. The zero-order valence-electron chi connectivity index (χ0n) is 20.3. The highest BCUT2D eigenvalue weighted by Crippen LogP contribution is 2.29. The molecular weight excluding hydrogens is 510 g/mol. The number of phenols is 1. The van der Waals surface area contributed by atoms with Crippen LogP contribution in [0.25, 0.3) is 0 Å². The number of nitrogens with zero attached hydrogens (tertiary/aromatic N) is 3. The van der Waals surface area contributed by atoms with Gasteiger partial charge in [-0.25, -0.2) is 13.3 Å². The van der Waals surface area contributed by atoms with E-state index in [4.69, 9.17) is 4.74 Å². The van der Waals surface area contributed by atoms with Crippen LogP contribution in [0.4, 0.5) is 5.69 Å². The van der Waals surface area contributed by atoms with Gasteiger partial charge in [-0.05, 0) is 48.5 Å². The van der Waals surface area contributed by atoms with Crippen LogP contribution in [0.15, 0.2) is 77.7 Å². The van der Waals surface area contributed by atoms with Gasteiger partial charge in [-0.3, -0.25) is 14.4 Å². The molecule has 1 saturated heterocycles. The molecule has 0 spiro atoms. The lowest BCUT2D eigenvalue weighted by molar-refractivity contribution is -0.132. The fourth-order valence-electron chi connectivity index (χ4n) is 4.51. The molecule has 2 aliphatic heterocycles. The summed E-state index contributed by atoms with van der Waals surface area (Å²) in [6, 6.07) is 18.5. The number of hydrogen-bond donors (Lipinski definition) is 1. The van der Waals surface area contributed by atoms with E-state index in [1.807, 2.05) is 0 Å². The van der Waals surface area contributed by atoms with Gasteiger partial charge in [0.1, 0.15) is 11.5 Å². The van der Waals surface area contributed by atoms with Crippen molar-refractivity contribution in [3.05, 3.63) is 83.9 Å². The number of anilines is 1. The van der Waals surface area contributed by atoms with Gasteiger partial charge >= 0.3 is 0 Å². The Labute approximate surface area is 219 Å². The molecule has 3 aromatic carbocycles. The Morgan fingerprint density at radius 1 is 0.842 bits per heavy atom. The highest BCUT2D eigenvalue weighted by molar-refractivity contribution is 7.89. The molecule has 0 radical (unpaired) electrons. The first-order chi connectivity index (χ1) is 18.3. The molecule has 0 unspecified atom stereocenters. The number of sulfonamides is 1. The molecule has 0 saturated carbocycles. The van der Waals surface area contributed by atoms with E-state index >= 15 is 0 Å². The summed E-state index contributed by atoms with van der Waals surface area (Å²) in [5, 5.41) is 9.48. The Bertz CT molecular complexity index is 1460. The number of amides is 3. The fraction of sp³-hybridized carbons (Fsp3) is 0.222. The van der Waals surface area contributed by atoms with Crippen molar-refractivity contribution < 1.29 is 32.6 Å². The van der Waals surface area contributed by atoms with E-state index in [1.165, 1.54) is 40.7 Å². The van der Waals surface area contributed by atoms with Crippen LogP contribution in [0.5, 0.6) is 11.5 Å². The lowest BCUT2D eigenvalue weighted by Crippen LogP contribution is -2.50. The summed E-state index contributed by atoms with van der Waals surface area (Å²) in [4.78, 5) is 40.6. The van der Waals surface area contributed by atoms with E-state index in [9.17, 15) is 27.9 Å². The maximum Gasteiger partial charge on any atom is 0.266 e. The van der Waals surface area contributed by atoms with Crippen molar-refractivity contribution in [3.8, 4) is 11.5 Å². The third-order valence-corrected chi connectivity index (χ3v) is 8.43. The Balaban J connectivity index is 1.17. The van der Waals surface area contributed by atoms with Gasteiger partial charge in [0.15, 0.2) is 0 Å². The van der Waals surface area contributed by atoms with Gasteiger partial charge < -0.3 is 14.7 Å². The first-order valence-electron chi connectivity index (χ1n) is 12.0. The van der Waals surface area contributed by atoms with E-state index in [0.29, 0.717) is 22.6 Å². The maximum atomic E-state index is 13.2. The third kappa shape index (κ3) is 4.85. The van der Waals surface area contributed by atoms with Gasteiger partial charge in [0.25, 0.3) is 11.8 Å². The molecule has 1 N–H and O–H groups in total. The SMILES string of the molecule is O=C(CCOc1cccc(O)c1)N1CCN(S(=O)(=O)c2ccc(N3C(=O)c4ccccc4C3=O)cc2)CC1. The molecule has 2 heterocycles. The van der Waals surface area contributed by atoms with Crippen LogP contribution in [-0.2, 0) is 14.8 Å². The largest absolute Gasteiger partial charge is 0.508 e. The molecule has 5 rings (SSSR count). The van der Waals surface area contributed by atoms with E-state index in [1.54, 1.807) is 41.3 Å². The van der Waals surface area contributed by atoms with Crippen molar-refractivity contribution in [1.29, 1.82) is 0 Å². The summed E-state index contributed by atoms with van der Waals surface area (Å²) >= 11 is 0. The summed E-state index contributed by atoms with van der Waals surface area (Å²) in [5.74, 6) is -0.511. The Kier molecular flexibility index (Phi) is 6.87. The maximum absolute atomic E-state index is 13.2. The molecular formula is C27H25N3O7S. The summed E-state index contributed by atoms with van der Waals surface area (Å²) in [7, 11) is -3.83. The number of hydrogen-bond acceptors (Lipinski definition) is 7. The monoisotopic (exact) mass is 535 g/mol. The molecule has 196 valence electrons. The number of imide groups is 1. The van der Waals surface area contributed by atoms with E-state index in [2.05, 4.69) is 0 Å². The first kappa shape index (κ1) is 25.4. The number of piperazine rings is 1. The topological polar surface area (TPSA) is 125 Å². The average Bonchev–Trinajstić information content (AvgIpc) is 3.18. The molecule has 0 aliphatic carbocycles. The van der Waals surface area contributed by atoms with Crippen LogP contribution < -0.4 is 9.64 Å². The van der Waals surface area contributed by atoms with Gasteiger partial charge in [0.2, 0.25) is 15.9 Å². The minimum absolute atomic E-state index is 0.0390. The number of benzene rings is 3. The van der Waals surface area contributed by atoms with E-state index < -0.39 is 21.8 Å². The minimum Gasteiger partial charge on any atom is -0.508 e. The second-order valence-corrected chi connectivity index (χ2v) is 10.8. The lowest BCUT2D eigenvalue weighted by atomic mass is 10.1. The predicted molar refractivity (Wildman–Crippen MR) is 138 cm³/mol. The van der Waals surface area contributed by atoms with Gasteiger partial charge in [-0.2, -0.15) is 4.31 Å². The zero-order chi connectivity index (χ0) is 26.9. The molecule has 10 nitrogen and oxygen atoms in total. The van der Waals surface area contributed by atoms with Gasteiger partial charge in [0, 0.05) is 32.2 Å². The average molecular weight is 536 g/mol. The zero-order valence-corrected chi connectivity index (χ0v) is 21.1. The molecule has 3 amide bonds. The summed E-state index contributed by atoms with van der Waals surface area (Å²) in [6.45, 7) is 0.915. The molecule has 2 aliphatic rings. The van der Waals surface area contributed by atoms with Gasteiger partial charge in [-0.1, -0.05) is 18.2 Å². The van der Waals surface area contributed by atoms with Gasteiger partial charge in [-0.15, -0.1) is 0 Å². The Morgan fingerprint density at radius 2 is 1.47 bits per heavy atom. The van der Waals surface area contributed by atoms with E-state index in [0.717, 1.165) is 4.90 Å². The Morgan fingerprint density at radius 3 is 2.08 bits per heavy atom. The van der Waals surface area contributed by atoms with Crippen LogP contribution in [0, 0.1) is 0 Å². The summed E-state index contributed by atoms with van der Waals surface area (Å²) in [5.41, 5.74) is 0.915. The van der Waals surface area contributed by atoms with Gasteiger partial charge in [0.05, 0.1) is 34.7 Å². The number of phenolic OH excluding ortho intramolecular Hbond substituents is 1. The van der Waals surface area contributed by atoms with Crippen molar-refractivity contribution in [2.24, 2.45) is 0 Å². The molecule has 1 fully saturated rings. The molecule has 38 heavy (non-hydrogen) atoms. The number of carbonyl (C=O) groups is 3. The van der Waals surface area contributed by atoms with Crippen molar-refractivity contribution in [3.63, 3.8) is 0 Å². The standard InChI is InChI=1S/C27H25N3O7S/c31-20-4-3-5-21(18-20)37-17-12-25(32)28-13-15-29(16-14-28)38(35,36)22-10-8-19(9-11-22)30-26(33)23-6-1-2-7-24(23)27(30)34/h1-11,18,31H,12-17H2. The first-order valence-corrected chi connectivity index (χ1v) is 13.5. The normalized spacial score (nSPS) is 16.0. The molecule has 0 bridgehead atoms. The summed E-state index contributed by atoms with van der Waals surface area (Å²) in [6.07, 6.45) is 0.127. The van der Waals surface area contributed by atoms with Crippen molar-refractivity contribution in [2.75, 3.05) is 37.7 Å². The number of aromatic hydroxyl groups is 1. The quantitative estimate of drug-likeness (QED) is 0.461. The molecule has 0 aromatic heterocycles. The fourth-order valence-corrected chi connectivity index (χ4v) is 5.93. The third-order valence-electron chi connectivity index (χ3n) is 6.52. The highest BCUT2D eigenvalue weighted by Gasteiger charge is 2.37. The number of fused-ring (bicyclic) bond motifs is 1. The highest BCUT2D eigenvalue weighted by atomic mass is 32.2. The van der Waals surface area contributed by atoms with Crippen molar-refractivity contribution in [1.82, 2.24) is 9.21 Å². The summed E-state index contributed by atoms with van der Waals surface area (Å²) < 4.78 is 33.2. The number of rotatable bonds is 7. The number of ether oxygens (including phenoxy) is 1. The molecule has 0 atom stereocenters. The van der Waals surface area contributed by atoms with Crippen molar-refractivity contribution >= 4 is 33.4 Å². The van der Waals surface area contributed by atoms with Crippen LogP contribution in [0.3, 0.4) is 0 Å². The van der Waals surface area contributed by atoms with E-state index in [-0.39, 0.29) is 55.8 Å². The van der Waals surface area contributed by atoms with Crippen LogP contribution in [0.2, 0.25) is 0 Å². The van der Waals surface area contributed by atoms with Crippen LogP contribution in [-0.4, -0.2) is 73.2 Å². The molecule has 3 aromatic rings.